The number of non-ortho nitro benzene ring substituents is 1. The van der Waals surface area contributed by atoms with E-state index in [1.54, 1.807) is 18.2 Å². The number of nitro groups is 1. The molecule has 2 aromatic carbocycles. The number of rotatable bonds is 5. The fourth-order valence-electron chi connectivity index (χ4n) is 1.58. The molecule has 0 atom stereocenters. The van der Waals surface area contributed by atoms with Crippen molar-refractivity contribution in [1.82, 2.24) is 0 Å². The number of Topliss-reactive ketones (excluding diaryl/α,β-unsaturated/α-hetero) is 1. The number of carbonyl (C=O) groups is 1. The number of nitrogens with zero attached hydrogens (tertiary/aromatic N) is 1. The second kappa shape index (κ2) is 6.67. The summed E-state index contributed by atoms with van der Waals surface area (Å²) < 4.78 is 0.772. The minimum absolute atomic E-state index is 0.0147. The second-order valence-corrected chi connectivity index (χ2v) is 5.85. The molecule has 4 nitrogen and oxygen atoms in total. The molecule has 0 bridgehead atoms. The summed E-state index contributed by atoms with van der Waals surface area (Å²) in [5, 5.41) is 10.5. The fraction of sp³-hybridized carbons (Fsp3) is 0.0714. The summed E-state index contributed by atoms with van der Waals surface area (Å²) in [5.74, 6) is 0.307. The zero-order valence-electron chi connectivity index (χ0n) is 10.3. The van der Waals surface area contributed by atoms with Gasteiger partial charge in [-0.2, -0.15) is 0 Å². The van der Waals surface area contributed by atoms with Crippen molar-refractivity contribution in [3.05, 3.63) is 68.7 Å². The van der Waals surface area contributed by atoms with E-state index in [0.717, 1.165) is 9.37 Å². The van der Waals surface area contributed by atoms with Crippen LogP contribution >= 0.6 is 27.7 Å². The number of thioether (sulfide) groups is 1. The maximum atomic E-state index is 12.1. The Morgan fingerprint density at radius 3 is 2.40 bits per heavy atom. The van der Waals surface area contributed by atoms with E-state index in [0.29, 0.717) is 11.3 Å². The van der Waals surface area contributed by atoms with Gasteiger partial charge < -0.3 is 0 Å². The average molecular weight is 352 g/mol. The lowest BCUT2D eigenvalue weighted by molar-refractivity contribution is -0.384. The van der Waals surface area contributed by atoms with E-state index in [-0.39, 0.29) is 11.5 Å². The molecule has 0 N–H and O–H groups in total. The summed E-state index contributed by atoms with van der Waals surface area (Å²) in [5.41, 5.74) is 0.688. The first-order valence-corrected chi connectivity index (χ1v) is 7.51. The van der Waals surface area contributed by atoms with Gasteiger partial charge in [-0.25, -0.2) is 0 Å². The highest BCUT2D eigenvalue weighted by Gasteiger charge is 2.10. The molecule has 6 heteroatoms. The molecule has 2 aromatic rings. The normalized spacial score (nSPS) is 10.2. The lowest BCUT2D eigenvalue weighted by Crippen LogP contribution is -2.03. The molecule has 2 rings (SSSR count). The van der Waals surface area contributed by atoms with Crippen molar-refractivity contribution in [2.75, 3.05) is 5.75 Å². The van der Waals surface area contributed by atoms with Crippen molar-refractivity contribution in [1.29, 1.82) is 0 Å². The molecule has 0 heterocycles. The van der Waals surface area contributed by atoms with Crippen LogP contribution in [0.25, 0.3) is 0 Å². The Kier molecular flexibility index (Phi) is 4.92. The summed E-state index contributed by atoms with van der Waals surface area (Å²) in [7, 11) is 0. The van der Waals surface area contributed by atoms with Crippen LogP contribution in [0.4, 0.5) is 5.69 Å². The monoisotopic (exact) mass is 351 g/mol. The molecular formula is C14H10BrNO3S. The third-order valence-electron chi connectivity index (χ3n) is 2.59. The maximum absolute atomic E-state index is 12.1. The summed E-state index contributed by atoms with van der Waals surface area (Å²) in [6.45, 7) is 0. The van der Waals surface area contributed by atoms with Crippen LogP contribution in [0.1, 0.15) is 10.4 Å². The number of ketones is 1. The quantitative estimate of drug-likeness (QED) is 0.348. The first-order valence-electron chi connectivity index (χ1n) is 5.73. The van der Waals surface area contributed by atoms with Crippen LogP contribution in [0, 0.1) is 10.1 Å². The first-order chi connectivity index (χ1) is 9.58. The Hall–Kier alpha value is -1.66. The average Bonchev–Trinajstić information content (AvgIpc) is 2.45. The van der Waals surface area contributed by atoms with Crippen molar-refractivity contribution in [2.24, 2.45) is 0 Å². The molecule has 0 unspecified atom stereocenters. The molecule has 0 spiro atoms. The van der Waals surface area contributed by atoms with Crippen LogP contribution in [0.2, 0.25) is 0 Å². The number of carbonyl (C=O) groups excluding carboxylic acids is 1. The molecule has 0 radical (unpaired) electrons. The Morgan fingerprint density at radius 2 is 1.80 bits per heavy atom. The van der Waals surface area contributed by atoms with E-state index in [1.807, 2.05) is 18.2 Å². The van der Waals surface area contributed by atoms with Crippen molar-refractivity contribution in [3.8, 4) is 0 Å². The number of benzene rings is 2. The smallest absolute Gasteiger partial charge is 0.269 e. The van der Waals surface area contributed by atoms with Gasteiger partial charge in [-0.05, 0) is 18.2 Å². The SMILES string of the molecule is O=C(CSc1ccc([N+](=O)[O-])cc1)c1ccccc1Br. The van der Waals surface area contributed by atoms with Crippen LogP contribution < -0.4 is 0 Å². The second-order valence-electron chi connectivity index (χ2n) is 3.94. The van der Waals surface area contributed by atoms with E-state index in [4.69, 9.17) is 0 Å². The van der Waals surface area contributed by atoms with Crippen LogP contribution in [-0.2, 0) is 0 Å². The molecule has 0 saturated carbocycles. The molecule has 0 aliphatic heterocycles. The summed E-state index contributed by atoms with van der Waals surface area (Å²) in [6, 6.07) is 13.4. The predicted molar refractivity (Wildman–Crippen MR) is 82.3 cm³/mol. The van der Waals surface area contributed by atoms with E-state index >= 15 is 0 Å². The van der Waals surface area contributed by atoms with Crippen LogP contribution in [0.5, 0.6) is 0 Å². The number of halogens is 1. The zero-order valence-corrected chi connectivity index (χ0v) is 12.7. The minimum Gasteiger partial charge on any atom is -0.293 e. The van der Waals surface area contributed by atoms with Gasteiger partial charge in [-0.1, -0.05) is 34.1 Å². The minimum atomic E-state index is -0.444. The summed E-state index contributed by atoms with van der Waals surface area (Å²) >= 11 is 4.70. The van der Waals surface area contributed by atoms with E-state index in [1.165, 1.54) is 23.9 Å². The van der Waals surface area contributed by atoms with Crippen LogP contribution in [-0.4, -0.2) is 16.5 Å². The van der Waals surface area contributed by atoms with Gasteiger partial charge in [0, 0.05) is 27.1 Å². The Bertz CT molecular complexity index is 643. The molecule has 102 valence electrons. The lowest BCUT2D eigenvalue weighted by atomic mass is 10.1. The van der Waals surface area contributed by atoms with Crippen LogP contribution in [0.3, 0.4) is 0 Å². The summed E-state index contributed by atoms with van der Waals surface area (Å²) in [6.07, 6.45) is 0. The maximum Gasteiger partial charge on any atom is 0.269 e. The van der Waals surface area contributed by atoms with Gasteiger partial charge in [0.15, 0.2) is 5.78 Å². The zero-order chi connectivity index (χ0) is 14.5. The van der Waals surface area contributed by atoms with Crippen molar-refractivity contribution in [2.45, 2.75) is 4.90 Å². The van der Waals surface area contributed by atoms with Gasteiger partial charge in [0.1, 0.15) is 0 Å². The molecule has 0 amide bonds. The van der Waals surface area contributed by atoms with E-state index < -0.39 is 4.92 Å². The van der Waals surface area contributed by atoms with Crippen LogP contribution in [0.15, 0.2) is 57.9 Å². The number of nitro benzene ring substituents is 1. The van der Waals surface area contributed by atoms with Gasteiger partial charge in [0.2, 0.25) is 0 Å². The van der Waals surface area contributed by atoms with Gasteiger partial charge in [-0.3, -0.25) is 14.9 Å². The Balaban J connectivity index is 2.00. The molecule has 20 heavy (non-hydrogen) atoms. The summed E-state index contributed by atoms with van der Waals surface area (Å²) in [4.78, 5) is 23.0. The number of hydrogen-bond donors (Lipinski definition) is 0. The van der Waals surface area contributed by atoms with Gasteiger partial charge in [0.25, 0.3) is 5.69 Å². The Labute approximate surface area is 128 Å². The van der Waals surface area contributed by atoms with E-state index in [9.17, 15) is 14.9 Å². The van der Waals surface area contributed by atoms with Gasteiger partial charge in [-0.15, -0.1) is 11.8 Å². The van der Waals surface area contributed by atoms with Gasteiger partial charge in [0.05, 0.1) is 10.7 Å². The molecular weight excluding hydrogens is 342 g/mol. The predicted octanol–water partition coefficient (Wildman–Crippen LogP) is 4.33. The first kappa shape index (κ1) is 14.7. The third kappa shape index (κ3) is 3.68. The fourth-order valence-corrected chi connectivity index (χ4v) is 2.87. The highest BCUT2D eigenvalue weighted by atomic mass is 79.9. The molecule has 0 fully saturated rings. The van der Waals surface area contributed by atoms with Gasteiger partial charge >= 0.3 is 0 Å². The molecule has 0 saturated heterocycles. The largest absolute Gasteiger partial charge is 0.293 e. The van der Waals surface area contributed by atoms with E-state index in [2.05, 4.69) is 15.9 Å². The standard InChI is InChI=1S/C14H10BrNO3S/c15-13-4-2-1-3-12(13)14(17)9-20-11-7-5-10(6-8-11)16(18)19/h1-8H,9H2. The van der Waals surface area contributed by atoms with Crippen molar-refractivity contribution >= 4 is 39.2 Å². The number of hydrogen-bond acceptors (Lipinski definition) is 4. The molecule has 0 aliphatic carbocycles. The molecule has 0 aliphatic rings. The highest BCUT2D eigenvalue weighted by molar-refractivity contribution is 9.10. The third-order valence-corrected chi connectivity index (χ3v) is 4.30. The Morgan fingerprint density at radius 1 is 1.15 bits per heavy atom. The topological polar surface area (TPSA) is 60.2 Å². The lowest BCUT2D eigenvalue weighted by Gasteiger charge is -2.03. The van der Waals surface area contributed by atoms with Crippen molar-refractivity contribution in [3.63, 3.8) is 0 Å². The van der Waals surface area contributed by atoms with Crippen molar-refractivity contribution < 1.29 is 9.72 Å². The highest BCUT2D eigenvalue weighted by Crippen LogP contribution is 2.24. The molecule has 0 aromatic heterocycles.